The summed E-state index contributed by atoms with van der Waals surface area (Å²) in [5.74, 6) is -2.25. The number of rotatable bonds is 2. The van der Waals surface area contributed by atoms with E-state index in [9.17, 15) is 13.6 Å². The largest absolute Gasteiger partial charge is 0.359 e. The van der Waals surface area contributed by atoms with Gasteiger partial charge in [-0.25, -0.2) is 8.78 Å². The second kappa shape index (κ2) is 4.95. The molecule has 3 N–H and O–H groups in total. The molecular weight excluding hydrogens is 300 g/mol. The van der Waals surface area contributed by atoms with E-state index in [1.54, 1.807) is 6.07 Å². The molecule has 0 spiro atoms. The number of anilines is 1. The summed E-state index contributed by atoms with van der Waals surface area (Å²) in [6.07, 6.45) is 1.50. The highest BCUT2D eigenvalue weighted by molar-refractivity contribution is 6.09. The number of carbonyl (C=O) groups excluding carboxylic acids is 1. The molecule has 0 unspecified atom stereocenters. The van der Waals surface area contributed by atoms with E-state index < -0.39 is 11.6 Å². The van der Waals surface area contributed by atoms with E-state index in [4.69, 9.17) is 0 Å². The number of hydrogen-bond acceptors (Lipinski definition) is 1. The lowest BCUT2D eigenvalue weighted by Gasteiger charge is -2.02. The number of halogens is 2. The molecule has 0 atom stereocenters. The molecule has 114 valence electrons. The van der Waals surface area contributed by atoms with Crippen LogP contribution in [0.25, 0.3) is 21.8 Å². The van der Waals surface area contributed by atoms with E-state index >= 15 is 0 Å². The molecule has 2 aromatic carbocycles. The van der Waals surface area contributed by atoms with Crippen molar-refractivity contribution in [2.24, 2.45) is 0 Å². The van der Waals surface area contributed by atoms with Crippen molar-refractivity contribution in [2.45, 2.75) is 0 Å². The van der Waals surface area contributed by atoms with Crippen molar-refractivity contribution in [3.8, 4) is 0 Å². The van der Waals surface area contributed by atoms with Gasteiger partial charge in [-0.3, -0.25) is 4.79 Å². The Bertz CT molecular complexity index is 1020. The Morgan fingerprint density at radius 2 is 1.78 bits per heavy atom. The van der Waals surface area contributed by atoms with Gasteiger partial charge in [-0.05, 0) is 18.2 Å². The second-order valence-electron chi connectivity index (χ2n) is 5.24. The molecule has 1 amide bonds. The third-order valence-corrected chi connectivity index (χ3v) is 3.75. The summed E-state index contributed by atoms with van der Waals surface area (Å²) in [5.41, 5.74) is 2.05. The molecule has 23 heavy (non-hydrogen) atoms. The summed E-state index contributed by atoms with van der Waals surface area (Å²) in [6.45, 7) is 0. The number of aromatic nitrogens is 2. The summed E-state index contributed by atoms with van der Waals surface area (Å²) >= 11 is 0. The van der Waals surface area contributed by atoms with E-state index in [1.807, 2.05) is 24.3 Å². The number of amides is 1. The van der Waals surface area contributed by atoms with Crippen LogP contribution in [-0.2, 0) is 0 Å². The van der Waals surface area contributed by atoms with Crippen LogP contribution in [0.4, 0.5) is 14.5 Å². The summed E-state index contributed by atoms with van der Waals surface area (Å²) in [6, 6.07) is 11.4. The van der Waals surface area contributed by atoms with Gasteiger partial charge in [-0.15, -0.1) is 0 Å². The molecule has 6 heteroatoms. The Kier molecular flexibility index (Phi) is 2.90. The molecule has 0 aliphatic rings. The molecule has 0 fully saturated rings. The van der Waals surface area contributed by atoms with Gasteiger partial charge in [0.1, 0.15) is 5.69 Å². The predicted molar refractivity (Wildman–Crippen MR) is 84.5 cm³/mol. The highest BCUT2D eigenvalue weighted by Gasteiger charge is 2.14. The van der Waals surface area contributed by atoms with Crippen LogP contribution in [0.2, 0.25) is 0 Å². The number of benzene rings is 2. The quantitative estimate of drug-likeness (QED) is 0.511. The lowest BCUT2D eigenvalue weighted by molar-refractivity contribution is 0.102. The Labute approximate surface area is 129 Å². The van der Waals surface area contributed by atoms with Crippen molar-refractivity contribution in [3.63, 3.8) is 0 Å². The molecule has 2 aromatic heterocycles. The number of carbonyl (C=O) groups is 1. The van der Waals surface area contributed by atoms with Crippen molar-refractivity contribution in [1.82, 2.24) is 9.97 Å². The second-order valence-corrected chi connectivity index (χ2v) is 5.24. The molecule has 4 rings (SSSR count). The van der Waals surface area contributed by atoms with Crippen molar-refractivity contribution in [2.75, 3.05) is 5.32 Å². The summed E-state index contributed by atoms with van der Waals surface area (Å²) < 4.78 is 26.6. The van der Waals surface area contributed by atoms with Crippen molar-refractivity contribution in [1.29, 1.82) is 0 Å². The minimum Gasteiger partial charge on any atom is -0.359 e. The fourth-order valence-electron chi connectivity index (χ4n) is 2.61. The molecule has 0 aliphatic heterocycles. The van der Waals surface area contributed by atoms with Crippen LogP contribution in [0.15, 0.2) is 48.7 Å². The lowest BCUT2D eigenvalue weighted by Crippen LogP contribution is -2.11. The lowest BCUT2D eigenvalue weighted by atomic mass is 10.2. The molecular formula is C17H11F2N3O. The van der Waals surface area contributed by atoms with Crippen LogP contribution in [0.5, 0.6) is 0 Å². The number of aromatic amines is 2. The van der Waals surface area contributed by atoms with E-state index in [-0.39, 0.29) is 5.91 Å². The minimum absolute atomic E-state index is 0.355. The number of para-hydroxylation sites is 1. The van der Waals surface area contributed by atoms with Gasteiger partial charge in [0.2, 0.25) is 0 Å². The van der Waals surface area contributed by atoms with Crippen LogP contribution >= 0.6 is 0 Å². The van der Waals surface area contributed by atoms with Gasteiger partial charge >= 0.3 is 0 Å². The van der Waals surface area contributed by atoms with Crippen LogP contribution in [0, 0.1) is 11.6 Å². The SMILES string of the molecule is O=C(Nc1c[nH]c2cc(F)c(F)cc12)c1cc2ccccc2[nH]1. The maximum absolute atomic E-state index is 13.4. The fraction of sp³-hybridized carbons (Fsp3) is 0. The number of H-pyrrole nitrogens is 2. The first-order valence-electron chi connectivity index (χ1n) is 6.97. The average molecular weight is 311 g/mol. The standard InChI is InChI=1S/C17H11F2N3O/c18-11-6-10-14(7-12(11)19)20-8-16(10)22-17(23)15-5-9-3-1-2-4-13(9)21-15/h1-8,20-21H,(H,22,23). The highest BCUT2D eigenvalue weighted by Crippen LogP contribution is 2.26. The first-order chi connectivity index (χ1) is 11.1. The van der Waals surface area contributed by atoms with Crippen molar-refractivity contribution < 1.29 is 13.6 Å². The van der Waals surface area contributed by atoms with Gasteiger partial charge < -0.3 is 15.3 Å². The van der Waals surface area contributed by atoms with Gasteiger partial charge in [-0.1, -0.05) is 18.2 Å². The maximum Gasteiger partial charge on any atom is 0.272 e. The zero-order valence-electron chi connectivity index (χ0n) is 11.8. The van der Waals surface area contributed by atoms with Gasteiger partial charge in [-0.2, -0.15) is 0 Å². The van der Waals surface area contributed by atoms with E-state index in [0.29, 0.717) is 22.3 Å². The summed E-state index contributed by atoms with van der Waals surface area (Å²) in [7, 11) is 0. The Morgan fingerprint density at radius 3 is 2.61 bits per heavy atom. The third kappa shape index (κ3) is 2.24. The molecule has 0 saturated carbocycles. The molecule has 0 aliphatic carbocycles. The zero-order valence-corrected chi connectivity index (χ0v) is 11.8. The van der Waals surface area contributed by atoms with Gasteiger partial charge in [0.25, 0.3) is 5.91 Å². The van der Waals surface area contributed by atoms with E-state index in [1.165, 1.54) is 6.20 Å². The normalized spacial score (nSPS) is 11.2. The molecule has 0 saturated heterocycles. The van der Waals surface area contributed by atoms with Gasteiger partial charge in [0.05, 0.1) is 11.2 Å². The zero-order chi connectivity index (χ0) is 16.0. The number of nitrogens with one attached hydrogen (secondary N) is 3. The van der Waals surface area contributed by atoms with Crippen LogP contribution < -0.4 is 5.32 Å². The first kappa shape index (κ1) is 13.5. The van der Waals surface area contributed by atoms with Crippen LogP contribution in [0.1, 0.15) is 10.5 Å². The van der Waals surface area contributed by atoms with Crippen molar-refractivity contribution >= 4 is 33.4 Å². The average Bonchev–Trinajstić information content (AvgIpc) is 3.13. The van der Waals surface area contributed by atoms with Gasteiger partial charge in [0.15, 0.2) is 11.6 Å². The monoisotopic (exact) mass is 311 g/mol. The maximum atomic E-state index is 13.4. The molecule has 4 aromatic rings. The number of hydrogen-bond donors (Lipinski definition) is 3. The van der Waals surface area contributed by atoms with Crippen molar-refractivity contribution in [3.05, 3.63) is 66.0 Å². The molecule has 0 radical (unpaired) electrons. The molecule has 4 nitrogen and oxygen atoms in total. The van der Waals surface area contributed by atoms with Gasteiger partial charge in [0, 0.05) is 28.6 Å². The summed E-state index contributed by atoms with van der Waals surface area (Å²) in [5, 5.41) is 4.03. The van der Waals surface area contributed by atoms with Crippen LogP contribution in [0.3, 0.4) is 0 Å². The Morgan fingerprint density at radius 1 is 1.00 bits per heavy atom. The molecule has 2 heterocycles. The molecule has 0 bridgehead atoms. The van der Waals surface area contributed by atoms with Crippen LogP contribution in [-0.4, -0.2) is 15.9 Å². The first-order valence-corrected chi connectivity index (χ1v) is 6.97. The Balaban J connectivity index is 1.69. The third-order valence-electron chi connectivity index (χ3n) is 3.75. The predicted octanol–water partition coefficient (Wildman–Crippen LogP) is 4.18. The number of fused-ring (bicyclic) bond motifs is 2. The minimum atomic E-state index is -0.960. The highest BCUT2D eigenvalue weighted by atomic mass is 19.2. The fourth-order valence-corrected chi connectivity index (χ4v) is 2.61. The topological polar surface area (TPSA) is 60.7 Å². The van der Waals surface area contributed by atoms with E-state index in [2.05, 4.69) is 15.3 Å². The summed E-state index contributed by atoms with van der Waals surface area (Å²) in [4.78, 5) is 18.2. The smallest absolute Gasteiger partial charge is 0.272 e. The van der Waals surface area contributed by atoms with E-state index in [0.717, 1.165) is 23.0 Å². The Hall–Kier alpha value is -3.15.